The average Bonchev–Trinajstić information content (AvgIpc) is 2.38. The number of pyridine rings is 1. The Morgan fingerprint density at radius 2 is 1.94 bits per heavy atom. The summed E-state index contributed by atoms with van der Waals surface area (Å²) in [6.45, 7) is 1.91. The molecule has 4 heteroatoms. The average molecular weight is 241 g/mol. The van der Waals surface area contributed by atoms with E-state index in [1.54, 1.807) is 19.2 Å². The third kappa shape index (κ3) is 2.32. The second-order valence-corrected chi connectivity index (χ2v) is 4.13. The topological polar surface area (TPSA) is 59.2 Å². The van der Waals surface area contributed by atoms with Crippen LogP contribution in [0.3, 0.4) is 0 Å². The molecule has 0 fully saturated rings. The van der Waals surface area contributed by atoms with Crippen molar-refractivity contribution in [2.24, 2.45) is 0 Å². The number of anilines is 2. The summed E-state index contributed by atoms with van der Waals surface area (Å²) in [5, 5.41) is 0. The highest BCUT2D eigenvalue weighted by Crippen LogP contribution is 2.16. The number of nitrogens with two attached hydrogens (primary N) is 1. The predicted octanol–water partition coefficient (Wildman–Crippen LogP) is 2.25. The molecule has 0 bridgehead atoms. The van der Waals surface area contributed by atoms with Gasteiger partial charge in [0.25, 0.3) is 5.91 Å². The predicted molar refractivity (Wildman–Crippen MR) is 72.6 cm³/mol. The number of amides is 1. The summed E-state index contributed by atoms with van der Waals surface area (Å²) in [6, 6.07) is 10.9. The van der Waals surface area contributed by atoms with Crippen molar-refractivity contribution in [1.29, 1.82) is 0 Å². The van der Waals surface area contributed by atoms with Crippen molar-refractivity contribution in [2.75, 3.05) is 17.7 Å². The standard InChI is InChI=1S/C14H15N3O/c1-10-5-3-4-6-12(10)14(18)17(2)13-8-7-11(15)9-16-13/h3-9H,15H2,1-2H3. The molecule has 1 aromatic heterocycles. The van der Waals surface area contributed by atoms with Crippen LogP contribution in [0.5, 0.6) is 0 Å². The SMILES string of the molecule is Cc1ccccc1C(=O)N(C)c1ccc(N)cn1. The van der Waals surface area contributed by atoms with Gasteiger partial charge in [0.2, 0.25) is 0 Å². The van der Waals surface area contributed by atoms with Crippen LogP contribution >= 0.6 is 0 Å². The number of aromatic nitrogens is 1. The van der Waals surface area contributed by atoms with E-state index in [4.69, 9.17) is 5.73 Å². The minimum Gasteiger partial charge on any atom is -0.397 e. The molecule has 2 N–H and O–H groups in total. The largest absolute Gasteiger partial charge is 0.397 e. The minimum atomic E-state index is -0.0784. The number of benzene rings is 1. The van der Waals surface area contributed by atoms with Crippen molar-refractivity contribution in [3.05, 3.63) is 53.7 Å². The lowest BCUT2D eigenvalue weighted by Gasteiger charge is -2.17. The van der Waals surface area contributed by atoms with E-state index in [-0.39, 0.29) is 5.91 Å². The number of carbonyl (C=O) groups excluding carboxylic acids is 1. The Balaban J connectivity index is 2.29. The molecule has 0 unspecified atom stereocenters. The van der Waals surface area contributed by atoms with E-state index in [0.29, 0.717) is 17.1 Å². The van der Waals surface area contributed by atoms with Crippen molar-refractivity contribution >= 4 is 17.4 Å². The van der Waals surface area contributed by atoms with Gasteiger partial charge in [0.05, 0.1) is 11.9 Å². The Kier molecular flexibility index (Phi) is 3.28. The number of aryl methyl sites for hydroxylation is 1. The van der Waals surface area contributed by atoms with Crippen LogP contribution in [-0.4, -0.2) is 17.9 Å². The highest BCUT2D eigenvalue weighted by Gasteiger charge is 2.15. The summed E-state index contributed by atoms with van der Waals surface area (Å²) in [6.07, 6.45) is 1.54. The number of nitrogen functional groups attached to an aromatic ring is 1. The molecule has 0 radical (unpaired) electrons. The van der Waals surface area contributed by atoms with Crippen LogP contribution in [0.2, 0.25) is 0 Å². The van der Waals surface area contributed by atoms with E-state index in [1.165, 1.54) is 11.1 Å². The first-order valence-corrected chi connectivity index (χ1v) is 5.65. The maximum atomic E-state index is 12.3. The zero-order chi connectivity index (χ0) is 13.1. The van der Waals surface area contributed by atoms with Crippen molar-refractivity contribution in [3.63, 3.8) is 0 Å². The fourth-order valence-corrected chi connectivity index (χ4v) is 1.69. The Morgan fingerprint density at radius 1 is 1.22 bits per heavy atom. The van der Waals surface area contributed by atoms with Gasteiger partial charge in [0, 0.05) is 12.6 Å². The molecule has 1 amide bonds. The van der Waals surface area contributed by atoms with Crippen molar-refractivity contribution < 1.29 is 4.79 Å². The zero-order valence-electron chi connectivity index (χ0n) is 10.4. The first-order valence-electron chi connectivity index (χ1n) is 5.65. The van der Waals surface area contributed by atoms with Gasteiger partial charge in [-0.05, 0) is 30.7 Å². The van der Waals surface area contributed by atoms with Crippen LogP contribution in [0.4, 0.5) is 11.5 Å². The van der Waals surface area contributed by atoms with E-state index in [9.17, 15) is 4.79 Å². The van der Waals surface area contributed by atoms with Gasteiger partial charge in [-0.1, -0.05) is 18.2 Å². The van der Waals surface area contributed by atoms with Crippen LogP contribution in [0.15, 0.2) is 42.6 Å². The Morgan fingerprint density at radius 3 is 2.56 bits per heavy atom. The summed E-state index contributed by atoms with van der Waals surface area (Å²) in [7, 11) is 1.70. The van der Waals surface area contributed by atoms with Crippen LogP contribution in [0.25, 0.3) is 0 Å². The van der Waals surface area contributed by atoms with E-state index in [1.807, 2.05) is 31.2 Å². The van der Waals surface area contributed by atoms with Crippen LogP contribution in [-0.2, 0) is 0 Å². The van der Waals surface area contributed by atoms with Crippen molar-refractivity contribution in [3.8, 4) is 0 Å². The van der Waals surface area contributed by atoms with Gasteiger partial charge in [-0.3, -0.25) is 9.69 Å². The molecule has 92 valence electrons. The molecule has 2 rings (SSSR count). The molecule has 0 saturated heterocycles. The van der Waals surface area contributed by atoms with E-state index in [2.05, 4.69) is 4.98 Å². The molecule has 0 spiro atoms. The third-order valence-electron chi connectivity index (χ3n) is 2.79. The lowest BCUT2D eigenvalue weighted by atomic mass is 10.1. The molecule has 1 heterocycles. The molecule has 0 atom stereocenters. The number of rotatable bonds is 2. The van der Waals surface area contributed by atoms with Gasteiger partial charge in [-0.2, -0.15) is 0 Å². The number of carbonyl (C=O) groups is 1. The minimum absolute atomic E-state index is 0.0784. The van der Waals surface area contributed by atoms with Gasteiger partial charge in [0.1, 0.15) is 5.82 Å². The zero-order valence-corrected chi connectivity index (χ0v) is 10.4. The van der Waals surface area contributed by atoms with E-state index >= 15 is 0 Å². The first-order chi connectivity index (χ1) is 8.59. The number of nitrogens with zero attached hydrogens (tertiary/aromatic N) is 2. The molecular weight excluding hydrogens is 226 g/mol. The van der Waals surface area contributed by atoms with Crippen molar-refractivity contribution in [2.45, 2.75) is 6.92 Å². The van der Waals surface area contributed by atoms with Crippen LogP contribution < -0.4 is 10.6 Å². The van der Waals surface area contributed by atoms with Gasteiger partial charge in [-0.15, -0.1) is 0 Å². The lowest BCUT2D eigenvalue weighted by Crippen LogP contribution is -2.27. The molecule has 4 nitrogen and oxygen atoms in total. The summed E-state index contributed by atoms with van der Waals surface area (Å²) >= 11 is 0. The highest BCUT2D eigenvalue weighted by atomic mass is 16.2. The van der Waals surface area contributed by atoms with Gasteiger partial charge in [0.15, 0.2) is 0 Å². The molecule has 0 aliphatic rings. The van der Waals surface area contributed by atoms with Crippen LogP contribution in [0.1, 0.15) is 15.9 Å². The number of hydrogen-bond acceptors (Lipinski definition) is 3. The number of hydrogen-bond donors (Lipinski definition) is 1. The molecule has 1 aromatic carbocycles. The summed E-state index contributed by atoms with van der Waals surface area (Å²) in [4.78, 5) is 18.0. The Hall–Kier alpha value is -2.36. The van der Waals surface area contributed by atoms with E-state index < -0.39 is 0 Å². The molecule has 0 aliphatic carbocycles. The molecule has 0 saturated carbocycles. The van der Waals surface area contributed by atoms with Crippen molar-refractivity contribution in [1.82, 2.24) is 4.98 Å². The van der Waals surface area contributed by atoms with Crippen LogP contribution in [0, 0.1) is 6.92 Å². The van der Waals surface area contributed by atoms with Gasteiger partial charge in [-0.25, -0.2) is 4.98 Å². The summed E-state index contributed by atoms with van der Waals surface area (Å²) in [5.74, 6) is 0.503. The first kappa shape index (κ1) is 12.1. The normalized spacial score (nSPS) is 10.1. The second-order valence-electron chi connectivity index (χ2n) is 4.13. The van der Waals surface area contributed by atoms with Gasteiger partial charge >= 0.3 is 0 Å². The lowest BCUT2D eigenvalue weighted by molar-refractivity contribution is 0.0991. The fraction of sp³-hybridized carbons (Fsp3) is 0.143. The maximum Gasteiger partial charge on any atom is 0.259 e. The summed E-state index contributed by atoms with van der Waals surface area (Å²) in [5.41, 5.74) is 7.78. The molecule has 18 heavy (non-hydrogen) atoms. The smallest absolute Gasteiger partial charge is 0.259 e. The quantitative estimate of drug-likeness (QED) is 0.877. The molecule has 2 aromatic rings. The monoisotopic (exact) mass is 241 g/mol. The maximum absolute atomic E-state index is 12.3. The highest BCUT2D eigenvalue weighted by molar-refractivity contribution is 6.06. The molecule has 0 aliphatic heterocycles. The second kappa shape index (κ2) is 4.87. The fourth-order valence-electron chi connectivity index (χ4n) is 1.69. The third-order valence-corrected chi connectivity index (χ3v) is 2.79. The Bertz CT molecular complexity index is 564. The van der Waals surface area contributed by atoms with Gasteiger partial charge < -0.3 is 5.73 Å². The Labute approximate surface area is 106 Å². The summed E-state index contributed by atoms with van der Waals surface area (Å²) < 4.78 is 0. The van der Waals surface area contributed by atoms with E-state index in [0.717, 1.165) is 5.56 Å². The molecular formula is C14H15N3O.